The van der Waals surface area contributed by atoms with Crippen LogP contribution in [0, 0.1) is 0 Å². The highest BCUT2D eigenvalue weighted by atomic mass is 35.5. The number of nitrogens with zero attached hydrogens (tertiary/aromatic N) is 4. The summed E-state index contributed by atoms with van der Waals surface area (Å²) in [5, 5.41) is 7.71. The van der Waals surface area contributed by atoms with Crippen molar-refractivity contribution in [3.63, 3.8) is 0 Å². The molecule has 1 atom stereocenters. The predicted octanol–water partition coefficient (Wildman–Crippen LogP) is 5.35. The first-order valence-corrected chi connectivity index (χ1v) is 9.90. The fourth-order valence-electron chi connectivity index (χ4n) is 3.37. The number of pyridine rings is 1. The van der Waals surface area contributed by atoms with Crippen molar-refractivity contribution in [2.24, 2.45) is 5.10 Å². The van der Waals surface area contributed by atoms with Crippen LogP contribution in [0.4, 0.5) is 5.69 Å². The fourth-order valence-corrected chi connectivity index (χ4v) is 4.16. The Bertz CT molecular complexity index is 1120. The van der Waals surface area contributed by atoms with Crippen LogP contribution in [-0.4, -0.2) is 22.2 Å². The topological polar surface area (TPSA) is 41.4 Å². The van der Waals surface area contributed by atoms with Crippen LogP contribution in [0.1, 0.15) is 17.2 Å². The van der Waals surface area contributed by atoms with Crippen molar-refractivity contribution in [2.75, 3.05) is 11.6 Å². The minimum atomic E-state index is 0.128. The summed E-state index contributed by atoms with van der Waals surface area (Å²) >= 11 is 7.73. The monoisotopic (exact) mass is 390 g/mol. The Balaban J connectivity index is 1.57. The lowest BCUT2D eigenvalue weighted by Gasteiger charge is -2.16. The Morgan fingerprint density at radius 1 is 1.00 bits per heavy atom. The van der Waals surface area contributed by atoms with Gasteiger partial charge in [-0.25, -0.2) is 4.98 Å². The van der Waals surface area contributed by atoms with E-state index in [-0.39, 0.29) is 5.92 Å². The standard InChI is InChI=1S/C21H15ClN4S/c22-15-6-4-14(5-7-15)17-12-26(25-21(17)18-3-1-2-10-23-18)16-8-9-20-19(11-16)24-13-27-20/h1-11,13,17H,12H2. The van der Waals surface area contributed by atoms with Crippen LogP contribution in [-0.2, 0) is 0 Å². The average molecular weight is 391 g/mol. The third kappa shape index (κ3) is 3.09. The van der Waals surface area contributed by atoms with E-state index in [1.165, 1.54) is 10.3 Å². The molecule has 2 aromatic heterocycles. The second-order valence-electron chi connectivity index (χ2n) is 6.39. The average Bonchev–Trinajstić information content (AvgIpc) is 3.36. The maximum Gasteiger partial charge on any atom is 0.0958 e. The molecule has 4 nitrogen and oxygen atoms in total. The van der Waals surface area contributed by atoms with Gasteiger partial charge in [-0.1, -0.05) is 29.8 Å². The van der Waals surface area contributed by atoms with Crippen molar-refractivity contribution in [3.05, 3.63) is 88.7 Å². The van der Waals surface area contributed by atoms with Gasteiger partial charge in [0.1, 0.15) is 0 Å². The van der Waals surface area contributed by atoms with E-state index >= 15 is 0 Å². The number of hydrazone groups is 1. The van der Waals surface area contributed by atoms with Crippen LogP contribution in [0.2, 0.25) is 5.02 Å². The van der Waals surface area contributed by atoms with E-state index in [2.05, 4.69) is 40.3 Å². The van der Waals surface area contributed by atoms with E-state index in [1.807, 2.05) is 40.9 Å². The maximum atomic E-state index is 6.08. The Morgan fingerprint density at radius 3 is 2.70 bits per heavy atom. The predicted molar refractivity (Wildman–Crippen MR) is 112 cm³/mol. The summed E-state index contributed by atoms with van der Waals surface area (Å²) < 4.78 is 1.18. The summed E-state index contributed by atoms with van der Waals surface area (Å²) in [5.41, 5.74) is 6.96. The number of thiazole rings is 1. The van der Waals surface area contributed by atoms with Crippen molar-refractivity contribution in [3.8, 4) is 0 Å². The Hall–Kier alpha value is -2.76. The number of hydrogen-bond acceptors (Lipinski definition) is 5. The van der Waals surface area contributed by atoms with Gasteiger partial charge in [-0.2, -0.15) is 5.10 Å². The van der Waals surface area contributed by atoms with Crippen molar-refractivity contribution in [1.82, 2.24) is 9.97 Å². The molecule has 0 aliphatic carbocycles. The lowest BCUT2D eigenvalue weighted by Crippen LogP contribution is -2.18. The largest absolute Gasteiger partial charge is 0.264 e. The van der Waals surface area contributed by atoms with Crippen molar-refractivity contribution in [2.45, 2.75) is 5.92 Å². The summed E-state index contributed by atoms with van der Waals surface area (Å²) in [7, 11) is 0. The third-order valence-corrected chi connectivity index (χ3v) is 5.79. The number of anilines is 1. The van der Waals surface area contributed by atoms with E-state index in [9.17, 15) is 0 Å². The molecule has 132 valence electrons. The van der Waals surface area contributed by atoms with E-state index in [4.69, 9.17) is 16.7 Å². The molecular formula is C21H15ClN4S. The highest BCUT2D eigenvalue weighted by molar-refractivity contribution is 7.16. The second kappa shape index (κ2) is 6.76. The fraction of sp³-hybridized carbons (Fsp3) is 0.0952. The van der Waals surface area contributed by atoms with E-state index in [0.29, 0.717) is 0 Å². The van der Waals surface area contributed by atoms with Gasteiger partial charge < -0.3 is 0 Å². The van der Waals surface area contributed by atoms with Crippen LogP contribution < -0.4 is 5.01 Å². The molecule has 6 heteroatoms. The molecule has 5 rings (SSSR count). The summed E-state index contributed by atoms with van der Waals surface area (Å²) in [6.07, 6.45) is 1.81. The molecule has 0 saturated carbocycles. The van der Waals surface area contributed by atoms with Crippen molar-refractivity contribution < 1.29 is 0 Å². The third-order valence-electron chi connectivity index (χ3n) is 4.73. The van der Waals surface area contributed by atoms with Crippen molar-refractivity contribution in [1.29, 1.82) is 0 Å². The molecule has 3 heterocycles. The van der Waals surface area contributed by atoms with Crippen molar-refractivity contribution >= 4 is 44.6 Å². The molecule has 2 aromatic carbocycles. The number of fused-ring (bicyclic) bond motifs is 1. The number of aromatic nitrogens is 2. The summed E-state index contributed by atoms with van der Waals surface area (Å²) in [6, 6.07) is 20.2. The molecule has 0 N–H and O–H groups in total. The van der Waals surface area contributed by atoms with Gasteiger partial charge in [0.15, 0.2) is 0 Å². The highest BCUT2D eigenvalue weighted by Crippen LogP contribution is 2.33. The van der Waals surface area contributed by atoms with Crippen LogP contribution in [0.5, 0.6) is 0 Å². The first kappa shape index (κ1) is 16.4. The number of benzene rings is 2. The molecular weight excluding hydrogens is 376 g/mol. The zero-order chi connectivity index (χ0) is 18.2. The first-order chi connectivity index (χ1) is 13.3. The molecule has 0 amide bonds. The molecule has 1 aliphatic rings. The smallest absolute Gasteiger partial charge is 0.0958 e. The van der Waals surface area contributed by atoms with Crippen LogP contribution in [0.3, 0.4) is 0 Å². The van der Waals surface area contributed by atoms with Crippen LogP contribution in [0.15, 0.2) is 77.5 Å². The van der Waals surface area contributed by atoms with E-state index in [1.54, 1.807) is 17.5 Å². The normalized spacial score (nSPS) is 16.7. The van der Waals surface area contributed by atoms with Gasteiger partial charge in [0.2, 0.25) is 0 Å². The maximum absolute atomic E-state index is 6.08. The lowest BCUT2D eigenvalue weighted by molar-refractivity contribution is 0.851. The Kier molecular flexibility index (Phi) is 4.11. The molecule has 1 aliphatic heterocycles. The minimum Gasteiger partial charge on any atom is -0.264 e. The van der Waals surface area contributed by atoms with Gasteiger partial charge in [0.25, 0.3) is 0 Å². The molecule has 0 spiro atoms. The number of halogens is 1. The van der Waals surface area contributed by atoms with Crippen LogP contribution >= 0.6 is 22.9 Å². The van der Waals surface area contributed by atoms with Gasteiger partial charge in [-0.3, -0.25) is 9.99 Å². The first-order valence-electron chi connectivity index (χ1n) is 8.64. The number of rotatable bonds is 3. The van der Waals surface area contributed by atoms with Crippen LogP contribution in [0.25, 0.3) is 10.2 Å². The molecule has 27 heavy (non-hydrogen) atoms. The Labute approximate surface area is 165 Å². The van der Waals surface area contributed by atoms with Gasteiger partial charge in [-0.15, -0.1) is 11.3 Å². The Morgan fingerprint density at radius 2 is 1.89 bits per heavy atom. The molecule has 1 unspecified atom stereocenters. The SMILES string of the molecule is Clc1ccc(C2CN(c3ccc4scnc4c3)N=C2c2ccccn2)cc1. The summed E-state index contributed by atoms with van der Waals surface area (Å²) in [6.45, 7) is 0.753. The van der Waals surface area contributed by atoms with Gasteiger partial charge in [0.05, 0.1) is 39.4 Å². The zero-order valence-corrected chi connectivity index (χ0v) is 15.9. The second-order valence-corrected chi connectivity index (χ2v) is 7.71. The number of hydrogen-bond donors (Lipinski definition) is 0. The summed E-state index contributed by atoms with van der Waals surface area (Å²) in [4.78, 5) is 8.96. The molecule has 0 fully saturated rings. The molecule has 4 aromatic rings. The zero-order valence-electron chi connectivity index (χ0n) is 14.3. The van der Waals surface area contributed by atoms with Gasteiger partial charge in [0, 0.05) is 17.1 Å². The van der Waals surface area contributed by atoms with Gasteiger partial charge in [-0.05, 0) is 48.0 Å². The highest BCUT2D eigenvalue weighted by Gasteiger charge is 2.30. The lowest BCUT2D eigenvalue weighted by atomic mass is 9.93. The van der Waals surface area contributed by atoms with Gasteiger partial charge >= 0.3 is 0 Å². The van der Waals surface area contributed by atoms with E-state index < -0.39 is 0 Å². The minimum absolute atomic E-state index is 0.128. The summed E-state index contributed by atoms with van der Waals surface area (Å²) in [5.74, 6) is 0.128. The molecule has 0 bridgehead atoms. The quantitative estimate of drug-likeness (QED) is 0.473. The molecule has 0 saturated heterocycles. The molecule has 0 radical (unpaired) electrons. The van der Waals surface area contributed by atoms with E-state index in [0.717, 1.165) is 34.2 Å².